The Hall–Kier alpha value is -1.71. The Balaban J connectivity index is 2.71. The molecule has 4 unspecified atom stereocenters. The maximum Gasteiger partial charge on any atom is 0.295 e. The minimum absolute atomic E-state index is 0.00573. The van der Waals surface area contributed by atoms with Gasteiger partial charge in [-0.25, -0.2) is 0 Å². The molecule has 4 atom stereocenters. The number of carbonyl (C=O) groups is 3. The van der Waals surface area contributed by atoms with Crippen LogP contribution in [-0.2, 0) is 19.1 Å². The van der Waals surface area contributed by atoms with Crippen LogP contribution in [0.2, 0.25) is 0 Å². The molecule has 1 rings (SSSR count). The Morgan fingerprint density at radius 1 is 1.57 bits per heavy atom. The van der Waals surface area contributed by atoms with Gasteiger partial charge in [0.25, 0.3) is 6.47 Å². The Kier molecular flexibility index (Phi) is 6.53. The summed E-state index contributed by atoms with van der Waals surface area (Å²) in [6.45, 7) is 1.92. The molecule has 1 saturated heterocycles. The van der Waals surface area contributed by atoms with E-state index < -0.39 is 30.3 Å². The molecule has 0 bridgehead atoms. The van der Waals surface area contributed by atoms with Gasteiger partial charge in [-0.05, 0) is 19.8 Å². The fourth-order valence-electron chi connectivity index (χ4n) is 2.18. The molecule has 0 spiro atoms. The van der Waals surface area contributed by atoms with Gasteiger partial charge in [0.15, 0.2) is 0 Å². The van der Waals surface area contributed by atoms with E-state index in [0.29, 0.717) is 19.4 Å². The molecule has 1 aliphatic rings. The summed E-state index contributed by atoms with van der Waals surface area (Å²) in [5.74, 6) is -0.891. The van der Waals surface area contributed by atoms with Gasteiger partial charge in [-0.3, -0.25) is 14.4 Å². The maximum absolute atomic E-state index is 12.2. The third kappa shape index (κ3) is 4.38. The molecule has 21 heavy (non-hydrogen) atoms. The van der Waals surface area contributed by atoms with Gasteiger partial charge in [-0.1, -0.05) is 0 Å². The first kappa shape index (κ1) is 17.3. The monoisotopic (exact) mass is 302 g/mol. The molecular weight excluding hydrogens is 280 g/mol. The molecule has 0 aromatic rings. The van der Waals surface area contributed by atoms with E-state index in [2.05, 4.69) is 10.1 Å². The SMILES string of the molecule is CC(O)C(NC(=O)C1CCCN1C(=O)C(N)CN)OC=O. The van der Waals surface area contributed by atoms with Crippen molar-refractivity contribution in [2.45, 2.75) is 44.2 Å². The van der Waals surface area contributed by atoms with E-state index in [9.17, 15) is 19.5 Å². The number of rotatable bonds is 7. The second-order valence-corrected chi connectivity index (χ2v) is 4.93. The summed E-state index contributed by atoms with van der Waals surface area (Å²) in [6.07, 6.45) is -1.09. The summed E-state index contributed by atoms with van der Waals surface area (Å²) in [7, 11) is 0. The molecule has 120 valence electrons. The number of aliphatic hydroxyl groups excluding tert-OH is 1. The molecular formula is C12H22N4O5. The van der Waals surface area contributed by atoms with Crippen LogP contribution in [0.25, 0.3) is 0 Å². The lowest BCUT2D eigenvalue weighted by Gasteiger charge is -2.28. The molecule has 2 amide bonds. The zero-order valence-electron chi connectivity index (χ0n) is 11.9. The Morgan fingerprint density at radius 3 is 2.76 bits per heavy atom. The zero-order valence-corrected chi connectivity index (χ0v) is 11.9. The standard InChI is InChI=1S/C12H22N4O5/c1-7(18)11(21-6-17)15-10(19)9-3-2-4-16(9)12(20)8(14)5-13/h6-9,11,18H,2-5,13-14H2,1H3,(H,15,19). The molecule has 1 aliphatic heterocycles. The lowest BCUT2D eigenvalue weighted by atomic mass is 10.1. The van der Waals surface area contributed by atoms with Crippen molar-refractivity contribution in [1.82, 2.24) is 10.2 Å². The van der Waals surface area contributed by atoms with E-state index in [1.165, 1.54) is 11.8 Å². The van der Waals surface area contributed by atoms with E-state index in [1.807, 2.05) is 0 Å². The van der Waals surface area contributed by atoms with Gasteiger partial charge in [0.1, 0.15) is 12.1 Å². The largest absolute Gasteiger partial charge is 0.441 e. The molecule has 0 saturated carbocycles. The van der Waals surface area contributed by atoms with E-state index in [4.69, 9.17) is 11.5 Å². The van der Waals surface area contributed by atoms with Crippen LogP contribution in [-0.4, -0.2) is 65.8 Å². The summed E-state index contributed by atoms with van der Waals surface area (Å²) in [4.78, 5) is 35.9. The number of hydrogen-bond donors (Lipinski definition) is 4. The lowest BCUT2D eigenvalue weighted by Crippen LogP contribution is -2.55. The summed E-state index contributed by atoms with van der Waals surface area (Å²) in [5.41, 5.74) is 11.0. The highest BCUT2D eigenvalue weighted by molar-refractivity contribution is 5.90. The minimum Gasteiger partial charge on any atom is -0.441 e. The quantitative estimate of drug-likeness (QED) is 0.294. The number of carbonyl (C=O) groups excluding carboxylic acids is 3. The van der Waals surface area contributed by atoms with Gasteiger partial charge in [-0.2, -0.15) is 0 Å². The molecule has 9 heteroatoms. The van der Waals surface area contributed by atoms with Gasteiger partial charge in [0, 0.05) is 13.1 Å². The van der Waals surface area contributed by atoms with Crippen molar-refractivity contribution < 1.29 is 24.2 Å². The fraction of sp³-hybridized carbons (Fsp3) is 0.750. The van der Waals surface area contributed by atoms with Crippen molar-refractivity contribution >= 4 is 18.3 Å². The predicted molar refractivity (Wildman–Crippen MR) is 72.5 cm³/mol. The number of hydrogen-bond acceptors (Lipinski definition) is 7. The lowest BCUT2D eigenvalue weighted by molar-refractivity contribution is -0.149. The first-order valence-corrected chi connectivity index (χ1v) is 6.76. The third-order valence-corrected chi connectivity index (χ3v) is 3.33. The van der Waals surface area contributed by atoms with Crippen LogP contribution in [0.3, 0.4) is 0 Å². The highest BCUT2D eigenvalue weighted by Gasteiger charge is 2.37. The molecule has 9 nitrogen and oxygen atoms in total. The minimum atomic E-state index is -1.16. The van der Waals surface area contributed by atoms with Gasteiger partial charge in [0.2, 0.25) is 18.0 Å². The van der Waals surface area contributed by atoms with Gasteiger partial charge >= 0.3 is 0 Å². The second-order valence-electron chi connectivity index (χ2n) is 4.93. The Morgan fingerprint density at radius 2 is 2.24 bits per heavy atom. The van der Waals surface area contributed by atoms with Crippen molar-refractivity contribution in [3.8, 4) is 0 Å². The summed E-state index contributed by atoms with van der Waals surface area (Å²) < 4.78 is 4.59. The highest BCUT2D eigenvalue weighted by Crippen LogP contribution is 2.18. The number of nitrogens with one attached hydrogen (secondary N) is 1. The molecule has 0 aliphatic carbocycles. The third-order valence-electron chi connectivity index (χ3n) is 3.33. The van der Waals surface area contributed by atoms with Crippen LogP contribution in [0.15, 0.2) is 0 Å². The van der Waals surface area contributed by atoms with Crippen molar-refractivity contribution in [3.63, 3.8) is 0 Å². The van der Waals surface area contributed by atoms with Crippen LogP contribution in [0.5, 0.6) is 0 Å². The number of aliphatic hydroxyl groups is 1. The first-order valence-electron chi connectivity index (χ1n) is 6.76. The average molecular weight is 302 g/mol. The zero-order chi connectivity index (χ0) is 16.0. The van der Waals surface area contributed by atoms with Crippen LogP contribution in [0, 0.1) is 0 Å². The van der Waals surface area contributed by atoms with Gasteiger partial charge < -0.3 is 31.5 Å². The maximum atomic E-state index is 12.2. The van der Waals surface area contributed by atoms with E-state index in [1.54, 1.807) is 0 Å². The Labute approximate surface area is 122 Å². The highest BCUT2D eigenvalue weighted by atomic mass is 16.5. The molecule has 1 fully saturated rings. The van der Waals surface area contributed by atoms with Crippen LogP contribution in [0.1, 0.15) is 19.8 Å². The van der Waals surface area contributed by atoms with Gasteiger partial charge in [-0.15, -0.1) is 0 Å². The number of amides is 2. The van der Waals surface area contributed by atoms with E-state index >= 15 is 0 Å². The number of ether oxygens (including phenoxy) is 1. The normalized spacial score (nSPS) is 22.3. The van der Waals surface area contributed by atoms with E-state index in [0.717, 1.165) is 0 Å². The summed E-state index contributed by atoms with van der Waals surface area (Å²) >= 11 is 0. The Bertz CT molecular complexity index is 390. The van der Waals surface area contributed by atoms with Crippen molar-refractivity contribution in [2.24, 2.45) is 11.5 Å². The van der Waals surface area contributed by atoms with E-state index in [-0.39, 0.29) is 18.9 Å². The van der Waals surface area contributed by atoms with Crippen LogP contribution < -0.4 is 16.8 Å². The van der Waals surface area contributed by atoms with Crippen molar-refractivity contribution in [2.75, 3.05) is 13.1 Å². The number of likely N-dealkylation sites (tertiary alicyclic amines) is 1. The molecule has 0 aromatic heterocycles. The molecule has 1 heterocycles. The topological polar surface area (TPSA) is 148 Å². The first-order chi connectivity index (χ1) is 9.92. The smallest absolute Gasteiger partial charge is 0.295 e. The van der Waals surface area contributed by atoms with Crippen LogP contribution in [0.4, 0.5) is 0 Å². The second kappa shape index (κ2) is 7.91. The number of nitrogens with two attached hydrogens (primary N) is 2. The van der Waals surface area contributed by atoms with Gasteiger partial charge in [0.05, 0.1) is 6.04 Å². The molecule has 6 N–H and O–H groups in total. The molecule has 0 radical (unpaired) electrons. The summed E-state index contributed by atoms with van der Waals surface area (Å²) in [6, 6.07) is -1.55. The molecule has 0 aromatic carbocycles. The van der Waals surface area contributed by atoms with Crippen LogP contribution >= 0.6 is 0 Å². The van der Waals surface area contributed by atoms with Crippen molar-refractivity contribution in [3.05, 3.63) is 0 Å². The number of nitrogens with zero attached hydrogens (tertiary/aromatic N) is 1. The fourth-order valence-corrected chi connectivity index (χ4v) is 2.18. The van der Waals surface area contributed by atoms with Crippen molar-refractivity contribution in [1.29, 1.82) is 0 Å². The average Bonchev–Trinajstić information content (AvgIpc) is 2.94. The summed E-state index contributed by atoms with van der Waals surface area (Å²) in [5, 5.41) is 11.8. The predicted octanol–water partition coefficient (Wildman–Crippen LogP) is -2.74.